The molecule has 0 aromatic rings. The van der Waals surface area contributed by atoms with E-state index in [9.17, 15) is 14.7 Å². The van der Waals surface area contributed by atoms with E-state index in [2.05, 4.69) is 0 Å². The number of nitrogens with zero attached hydrogens (tertiary/aromatic N) is 1. The van der Waals surface area contributed by atoms with Crippen LogP contribution in [0.15, 0.2) is 0 Å². The van der Waals surface area contributed by atoms with Crippen LogP contribution < -0.4 is 0 Å². The van der Waals surface area contributed by atoms with Gasteiger partial charge in [-0.25, -0.2) is 9.59 Å². The number of carbonyl (C=O) groups is 2. The fourth-order valence-electron chi connectivity index (χ4n) is 2.04. The third kappa shape index (κ3) is 4.70. The lowest BCUT2D eigenvalue weighted by Crippen LogP contribution is -2.43. The second kappa shape index (κ2) is 5.77. The molecule has 1 saturated heterocycles. The van der Waals surface area contributed by atoms with Crippen molar-refractivity contribution >= 4 is 12.1 Å². The number of ether oxygens (including phenoxy) is 2. The molecule has 2 unspecified atom stereocenters. The lowest BCUT2D eigenvalue weighted by molar-refractivity contribution is -0.142. The first-order valence-electron chi connectivity index (χ1n) is 6.48. The largest absolute Gasteiger partial charge is 0.480 e. The molecular weight excluding hydrogens is 250 g/mol. The van der Waals surface area contributed by atoms with Gasteiger partial charge in [-0.05, 0) is 34.6 Å². The Morgan fingerprint density at radius 2 is 1.89 bits per heavy atom. The van der Waals surface area contributed by atoms with Crippen LogP contribution in [0.2, 0.25) is 0 Å². The Morgan fingerprint density at radius 3 is 2.32 bits per heavy atom. The summed E-state index contributed by atoms with van der Waals surface area (Å²) in [5.41, 5.74) is -0.642. The van der Waals surface area contributed by atoms with Crippen molar-refractivity contribution in [2.45, 2.75) is 64.9 Å². The fraction of sp³-hybridized carbons (Fsp3) is 0.846. The van der Waals surface area contributed by atoms with E-state index in [-0.39, 0.29) is 18.8 Å². The van der Waals surface area contributed by atoms with Crippen molar-refractivity contribution in [2.24, 2.45) is 0 Å². The summed E-state index contributed by atoms with van der Waals surface area (Å²) in [5.74, 6) is -1.03. The maximum Gasteiger partial charge on any atom is 0.411 e. The molecule has 2 atom stereocenters. The summed E-state index contributed by atoms with van der Waals surface area (Å²) in [6, 6.07) is -0.876. The first-order chi connectivity index (χ1) is 8.60. The Morgan fingerprint density at radius 1 is 1.32 bits per heavy atom. The maximum absolute atomic E-state index is 12.0. The molecule has 0 bridgehead atoms. The van der Waals surface area contributed by atoms with Crippen molar-refractivity contribution in [1.82, 2.24) is 4.90 Å². The first kappa shape index (κ1) is 15.8. The number of carboxylic acids is 1. The van der Waals surface area contributed by atoms with E-state index in [1.54, 1.807) is 20.8 Å². The molecule has 0 aliphatic carbocycles. The highest BCUT2D eigenvalue weighted by atomic mass is 16.6. The van der Waals surface area contributed by atoms with Gasteiger partial charge in [0.2, 0.25) is 0 Å². The number of amides is 1. The average Bonchev–Trinajstić information content (AvgIpc) is 2.57. The molecule has 1 N–H and O–H groups in total. The van der Waals surface area contributed by atoms with Crippen LogP contribution in [0.1, 0.15) is 41.0 Å². The third-order valence-electron chi connectivity index (χ3n) is 2.64. The summed E-state index contributed by atoms with van der Waals surface area (Å²) >= 11 is 0. The van der Waals surface area contributed by atoms with Gasteiger partial charge in [-0.1, -0.05) is 0 Å². The lowest BCUT2D eigenvalue weighted by atomic mass is 10.2. The van der Waals surface area contributed by atoms with E-state index in [1.807, 2.05) is 13.8 Å². The molecule has 0 saturated carbocycles. The number of likely N-dealkylation sites (tertiary alicyclic amines) is 1. The molecule has 1 heterocycles. The minimum Gasteiger partial charge on any atom is -0.480 e. The molecule has 6 heteroatoms. The summed E-state index contributed by atoms with van der Waals surface area (Å²) in [5, 5.41) is 9.18. The zero-order valence-corrected chi connectivity index (χ0v) is 12.2. The van der Waals surface area contributed by atoms with Crippen LogP contribution in [-0.4, -0.2) is 52.5 Å². The van der Waals surface area contributed by atoms with Crippen molar-refractivity contribution in [3.05, 3.63) is 0 Å². The molecule has 1 fully saturated rings. The number of aliphatic carboxylic acids is 1. The van der Waals surface area contributed by atoms with Crippen LogP contribution in [0.5, 0.6) is 0 Å². The third-order valence-corrected chi connectivity index (χ3v) is 2.64. The highest BCUT2D eigenvalue weighted by Crippen LogP contribution is 2.24. The second-order valence-electron chi connectivity index (χ2n) is 6.03. The number of hydrogen-bond acceptors (Lipinski definition) is 4. The summed E-state index contributed by atoms with van der Waals surface area (Å²) in [4.78, 5) is 24.4. The van der Waals surface area contributed by atoms with Crippen molar-refractivity contribution in [3.8, 4) is 0 Å². The first-order valence-corrected chi connectivity index (χ1v) is 6.48. The van der Waals surface area contributed by atoms with Gasteiger partial charge in [0.05, 0.1) is 18.8 Å². The van der Waals surface area contributed by atoms with Gasteiger partial charge in [0, 0.05) is 6.42 Å². The minimum atomic E-state index is -1.03. The van der Waals surface area contributed by atoms with E-state index in [0.29, 0.717) is 6.42 Å². The average molecular weight is 273 g/mol. The predicted octanol–water partition coefficient (Wildman–Crippen LogP) is 1.87. The van der Waals surface area contributed by atoms with Crippen LogP contribution in [0, 0.1) is 0 Å². The predicted molar refractivity (Wildman–Crippen MR) is 69.0 cm³/mol. The van der Waals surface area contributed by atoms with Gasteiger partial charge in [-0.2, -0.15) is 0 Å². The SMILES string of the molecule is CC(C)OC1CC(C(=O)O)N(C(=O)OC(C)(C)C)C1. The molecule has 6 nitrogen and oxygen atoms in total. The van der Waals surface area contributed by atoms with Gasteiger partial charge in [0.25, 0.3) is 0 Å². The molecule has 19 heavy (non-hydrogen) atoms. The molecule has 0 aromatic heterocycles. The summed E-state index contributed by atoms with van der Waals surface area (Å²) in [6.45, 7) is 9.26. The number of hydrogen-bond donors (Lipinski definition) is 1. The van der Waals surface area contributed by atoms with Crippen LogP contribution >= 0.6 is 0 Å². The molecule has 1 aliphatic heterocycles. The number of rotatable bonds is 3. The van der Waals surface area contributed by atoms with Gasteiger partial charge in [0.1, 0.15) is 11.6 Å². The lowest BCUT2D eigenvalue weighted by Gasteiger charge is -2.26. The molecule has 0 spiro atoms. The molecule has 1 amide bonds. The Hall–Kier alpha value is -1.30. The zero-order valence-electron chi connectivity index (χ0n) is 12.2. The second-order valence-corrected chi connectivity index (χ2v) is 6.03. The van der Waals surface area contributed by atoms with Crippen LogP contribution in [0.25, 0.3) is 0 Å². The monoisotopic (exact) mass is 273 g/mol. The topological polar surface area (TPSA) is 76.1 Å². The molecular formula is C13H23NO5. The van der Waals surface area contributed by atoms with Crippen molar-refractivity contribution in [2.75, 3.05) is 6.54 Å². The van der Waals surface area contributed by atoms with Gasteiger partial charge >= 0.3 is 12.1 Å². The Balaban J connectivity index is 2.74. The minimum absolute atomic E-state index is 0.00182. The normalized spacial score (nSPS) is 23.8. The summed E-state index contributed by atoms with van der Waals surface area (Å²) < 4.78 is 10.8. The highest BCUT2D eigenvalue weighted by molar-refractivity contribution is 5.81. The zero-order chi connectivity index (χ0) is 14.8. The highest BCUT2D eigenvalue weighted by Gasteiger charge is 2.42. The van der Waals surface area contributed by atoms with E-state index in [4.69, 9.17) is 9.47 Å². The van der Waals surface area contributed by atoms with Crippen LogP contribution in [0.4, 0.5) is 4.79 Å². The van der Waals surface area contributed by atoms with Gasteiger partial charge < -0.3 is 14.6 Å². The molecule has 110 valence electrons. The van der Waals surface area contributed by atoms with Gasteiger partial charge in [-0.3, -0.25) is 4.90 Å². The van der Waals surface area contributed by atoms with Gasteiger partial charge in [0.15, 0.2) is 0 Å². The van der Waals surface area contributed by atoms with E-state index in [0.717, 1.165) is 0 Å². The Bertz CT molecular complexity index is 347. The van der Waals surface area contributed by atoms with Crippen molar-refractivity contribution < 1.29 is 24.2 Å². The molecule has 0 aromatic carbocycles. The quantitative estimate of drug-likeness (QED) is 0.849. The standard InChI is InChI=1S/C13H23NO5/c1-8(2)18-9-6-10(11(15)16)14(7-9)12(17)19-13(3,4)5/h8-10H,6-7H2,1-5H3,(H,15,16). The summed E-state index contributed by atoms with van der Waals surface area (Å²) in [7, 11) is 0. The van der Waals surface area contributed by atoms with E-state index < -0.39 is 23.7 Å². The van der Waals surface area contributed by atoms with Crippen molar-refractivity contribution in [3.63, 3.8) is 0 Å². The van der Waals surface area contributed by atoms with E-state index >= 15 is 0 Å². The van der Waals surface area contributed by atoms with Crippen LogP contribution in [0.3, 0.4) is 0 Å². The van der Waals surface area contributed by atoms with E-state index in [1.165, 1.54) is 4.90 Å². The number of carboxylic acid groups (broad SMARTS) is 1. The van der Waals surface area contributed by atoms with Crippen molar-refractivity contribution in [1.29, 1.82) is 0 Å². The van der Waals surface area contributed by atoms with Gasteiger partial charge in [-0.15, -0.1) is 0 Å². The number of carbonyl (C=O) groups excluding carboxylic acids is 1. The molecule has 1 aliphatic rings. The molecule has 0 radical (unpaired) electrons. The maximum atomic E-state index is 12.0. The Labute approximate surface area is 113 Å². The Kier molecular flexibility index (Phi) is 4.79. The fourth-order valence-corrected chi connectivity index (χ4v) is 2.04. The van der Waals surface area contributed by atoms with Crippen LogP contribution in [-0.2, 0) is 14.3 Å². The summed E-state index contributed by atoms with van der Waals surface area (Å²) in [6.07, 6.45) is -0.561. The molecule has 1 rings (SSSR count). The smallest absolute Gasteiger partial charge is 0.411 e.